The van der Waals surface area contributed by atoms with E-state index in [0.29, 0.717) is 6.42 Å². The first-order chi connectivity index (χ1) is 11.5. The van der Waals surface area contributed by atoms with E-state index in [1.807, 2.05) is 13.8 Å². The number of carboxylic acids is 1. The van der Waals surface area contributed by atoms with Gasteiger partial charge in [-0.05, 0) is 19.8 Å². The number of carbonyl (C=O) groups excluding carboxylic acids is 3. The van der Waals surface area contributed by atoms with Gasteiger partial charge in [-0.2, -0.15) is 0 Å². The molecule has 0 aromatic heterocycles. The van der Waals surface area contributed by atoms with E-state index >= 15 is 0 Å². The normalized spacial score (nSPS) is 16.7. The van der Waals surface area contributed by atoms with E-state index in [9.17, 15) is 24.3 Å². The fourth-order valence-electron chi connectivity index (χ4n) is 1.82. The molecule has 0 aromatic carbocycles. The van der Waals surface area contributed by atoms with Gasteiger partial charge in [-0.25, -0.2) is 4.79 Å². The van der Waals surface area contributed by atoms with E-state index in [4.69, 9.17) is 10.8 Å². The fourth-order valence-corrected chi connectivity index (χ4v) is 1.82. The summed E-state index contributed by atoms with van der Waals surface area (Å²) in [4.78, 5) is 46.3. The summed E-state index contributed by atoms with van der Waals surface area (Å²) in [5.41, 5.74) is 5.77. The highest BCUT2D eigenvalue weighted by Crippen LogP contribution is 2.05. The van der Waals surface area contributed by atoms with Gasteiger partial charge in [0.25, 0.3) is 0 Å². The van der Waals surface area contributed by atoms with Gasteiger partial charge in [0, 0.05) is 0 Å². The van der Waals surface area contributed by atoms with Crippen LogP contribution in [0.4, 0.5) is 0 Å². The number of hydrogen-bond donors (Lipinski definition) is 6. The third kappa shape index (κ3) is 7.94. The van der Waals surface area contributed by atoms with Crippen molar-refractivity contribution in [3.05, 3.63) is 0 Å². The lowest BCUT2D eigenvalue weighted by atomic mass is 9.99. The minimum absolute atomic E-state index is 0.0468. The van der Waals surface area contributed by atoms with Crippen LogP contribution in [0.1, 0.15) is 34.1 Å². The number of nitrogens with two attached hydrogens (primary N) is 1. The molecular weight excluding hydrogens is 332 g/mol. The molecule has 25 heavy (non-hydrogen) atoms. The van der Waals surface area contributed by atoms with Crippen LogP contribution in [0.25, 0.3) is 0 Å². The predicted octanol–water partition coefficient (Wildman–Crippen LogP) is -2.07. The van der Waals surface area contributed by atoms with E-state index in [1.54, 1.807) is 0 Å². The zero-order chi connectivity index (χ0) is 19.7. The average Bonchev–Trinajstić information content (AvgIpc) is 2.54. The Bertz CT molecular complexity index is 496. The number of aliphatic hydroxyl groups excluding tert-OH is 1. The number of carboxylic acid groups (broad SMARTS) is 1. The minimum atomic E-state index is -1.48. The van der Waals surface area contributed by atoms with Gasteiger partial charge in [-0.1, -0.05) is 20.3 Å². The maximum Gasteiger partial charge on any atom is 0.328 e. The number of hydrogen-bond acceptors (Lipinski definition) is 6. The monoisotopic (exact) mass is 360 g/mol. The van der Waals surface area contributed by atoms with Crippen molar-refractivity contribution in [1.82, 2.24) is 16.0 Å². The van der Waals surface area contributed by atoms with Gasteiger partial charge in [0.2, 0.25) is 17.7 Å². The summed E-state index contributed by atoms with van der Waals surface area (Å²) in [6.45, 7) is 5.87. The number of aliphatic hydroxyl groups is 1. The Balaban J connectivity index is 4.43. The lowest BCUT2D eigenvalue weighted by Gasteiger charge is -2.21. The van der Waals surface area contributed by atoms with Gasteiger partial charge >= 0.3 is 5.97 Å². The Morgan fingerprint density at radius 2 is 1.60 bits per heavy atom. The van der Waals surface area contributed by atoms with Crippen LogP contribution in [0.3, 0.4) is 0 Å². The van der Waals surface area contributed by atoms with Crippen molar-refractivity contribution in [3.8, 4) is 0 Å². The molecule has 5 atom stereocenters. The van der Waals surface area contributed by atoms with Crippen LogP contribution in [-0.2, 0) is 19.2 Å². The largest absolute Gasteiger partial charge is 0.480 e. The molecule has 0 saturated heterocycles. The maximum absolute atomic E-state index is 11.9. The summed E-state index contributed by atoms with van der Waals surface area (Å²) >= 11 is 0. The number of nitrogens with one attached hydrogen (secondary N) is 3. The van der Waals surface area contributed by atoms with Crippen LogP contribution in [0.2, 0.25) is 0 Å². The molecule has 144 valence electrons. The fraction of sp³-hybridized carbons (Fsp3) is 0.733. The van der Waals surface area contributed by atoms with E-state index in [2.05, 4.69) is 16.0 Å². The smallest absolute Gasteiger partial charge is 0.328 e. The predicted molar refractivity (Wildman–Crippen MR) is 89.3 cm³/mol. The minimum Gasteiger partial charge on any atom is -0.480 e. The summed E-state index contributed by atoms with van der Waals surface area (Å²) in [7, 11) is 0. The first kappa shape index (κ1) is 22.8. The Labute approximate surface area is 146 Å². The zero-order valence-corrected chi connectivity index (χ0v) is 14.9. The highest BCUT2D eigenvalue weighted by molar-refractivity contribution is 5.92. The molecule has 0 spiro atoms. The Kier molecular flexibility index (Phi) is 9.69. The van der Waals surface area contributed by atoms with Crippen LogP contribution in [0.5, 0.6) is 0 Å². The lowest BCUT2D eigenvalue weighted by molar-refractivity contribution is -0.144. The average molecular weight is 360 g/mol. The SMILES string of the molecule is CCC(C)C(N)C(=O)NC(C)C(=O)NCC(=O)NC(C(=O)O)C(C)O. The Hall–Kier alpha value is -2.20. The van der Waals surface area contributed by atoms with Crippen molar-refractivity contribution in [2.75, 3.05) is 6.54 Å². The molecule has 0 aliphatic carbocycles. The topological polar surface area (TPSA) is 171 Å². The van der Waals surface area contributed by atoms with Gasteiger partial charge in [0.15, 0.2) is 6.04 Å². The highest BCUT2D eigenvalue weighted by atomic mass is 16.4. The number of rotatable bonds is 10. The molecule has 0 rings (SSSR count). The van der Waals surface area contributed by atoms with Gasteiger partial charge in [0.1, 0.15) is 6.04 Å². The van der Waals surface area contributed by atoms with Crippen LogP contribution in [-0.4, -0.2) is 64.7 Å². The van der Waals surface area contributed by atoms with Crippen LogP contribution >= 0.6 is 0 Å². The first-order valence-corrected chi connectivity index (χ1v) is 8.05. The molecular formula is C15H28N4O6. The summed E-state index contributed by atoms with van der Waals surface area (Å²) in [6, 6.07) is -3.14. The van der Waals surface area contributed by atoms with Gasteiger partial charge in [-0.15, -0.1) is 0 Å². The number of amides is 3. The van der Waals surface area contributed by atoms with Gasteiger partial charge < -0.3 is 31.9 Å². The quantitative estimate of drug-likeness (QED) is 0.260. The molecule has 0 saturated carbocycles. The first-order valence-electron chi connectivity index (χ1n) is 8.05. The molecule has 5 unspecified atom stereocenters. The second-order valence-electron chi connectivity index (χ2n) is 5.98. The third-order valence-corrected chi connectivity index (χ3v) is 3.80. The molecule has 0 radical (unpaired) electrons. The van der Waals surface area contributed by atoms with Crippen LogP contribution < -0.4 is 21.7 Å². The van der Waals surface area contributed by atoms with Gasteiger partial charge in [0.05, 0.1) is 18.7 Å². The van der Waals surface area contributed by atoms with E-state index in [1.165, 1.54) is 13.8 Å². The molecule has 10 nitrogen and oxygen atoms in total. The molecule has 10 heteroatoms. The Morgan fingerprint density at radius 1 is 1.04 bits per heavy atom. The summed E-state index contributed by atoms with van der Waals surface area (Å²) in [5, 5.41) is 24.9. The van der Waals surface area contributed by atoms with E-state index < -0.39 is 54.5 Å². The van der Waals surface area contributed by atoms with Crippen molar-refractivity contribution >= 4 is 23.7 Å². The second kappa shape index (κ2) is 10.6. The third-order valence-electron chi connectivity index (χ3n) is 3.80. The molecule has 0 heterocycles. The standard InChI is InChI=1S/C15H28N4O6/c1-5-7(2)11(16)14(23)18-8(3)13(22)17-6-10(21)19-12(9(4)20)15(24)25/h7-9,11-12,20H,5-6,16H2,1-4H3,(H,17,22)(H,18,23)(H,19,21)(H,24,25). The Morgan fingerprint density at radius 3 is 2.04 bits per heavy atom. The van der Waals surface area contributed by atoms with Crippen LogP contribution in [0.15, 0.2) is 0 Å². The number of aliphatic carboxylic acids is 1. The lowest BCUT2D eigenvalue weighted by Crippen LogP contribution is -2.54. The van der Waals surface area contributed by atoms with E-state index in [0.717, 1.165) is 0 Å². The van der Waals surface area contributed by atoms with Crippen molar-refractivity contribution in [3.63, 3.8) is 0 Å². The molecule has 0 aromatic rings. The molecule has 0 fully saturated rings. The molecule has 3 amide bonds. The molecule has 0 aliphatic heterocycles. The van der Waals surface area contributed by atoms with Crippen LogP contribution in [0, 0.1) is 5.92 Å². The zero-order valence-electron chi connectivity index (χ0n) is 14.9. The van der Waals surface area contributed by atoms with Crippen molar-refractivity contribution in [1.29, 1.82) is 0 Å². The molecule has 7 N–H and O–H groups in total. The summed E-state index contributed by atoms with van der Waals surface area (Å²) in [5.74, 6) is -3.31. The van der Waals surface area contributed by atoms with Crippen molar-refractivity contribution in [2.24, 2.45) is 11.7 Å². The summed E-state index contributed by atoms with van der Waals surface area (Å²) < 4.78 is 0. The highest BCUT2D eigenvalue weighted by Gasteiger charge is 2.26. The van der Waals surface area contributed by atoms with E-state index in [-0.39, 0.29) is 5.92 Å². The number of carbonyl (C=O) groups is 4. The molecule has 0 aliphatic rings. The van der Waals surface area contributed by atoms with Gasteiger partial charge in [-0.3, -0.25) is 14.4 Å². The second-order valence-corrected chi connectivity index (χ2v) is 5.98. The maximum atomic E-state index is 11.9. The summed E-state index contributed by atoms with van der Waals surface area (Å²) in [6.07, 6.45) is -0.582. The molecule has 0 bridgehead atoms. The van der Waals surface area contributed by atoms with Crippen molar-refractivity contribution < 1.29 is 29.4 Å². The van der Waals surface area contributed by atoms with Crippen molar-refractivity contribution in [2.45, 2.75) is 58.3 Å².